The second kappa shape index (κ2) is 6.83. The molecule has 0 aromatic heterocycles. The average Bonchev–Trinajstić information content (AvgIpc) is 2.47. The van der Waals surface area contributed by atoms with Crippen LogP contribution in [0.1, 0.15) is 49.4 Å². The SMILES string of the molecule is CCCC1CCCCN1c1ccc(C(=O)N(C)C)cc1N. The van der Waals surface area contributed by atoms with Gasteiger partial charge < -0.3 is 15.5 Å². The maximum Gasteiger partial charge on any atom is 0.253 e. The van der Waals surface area contributed by atoms with Crippen LogP contribution in [0.4, 0.5) is 11.4 Å². The number of nitrogen functional groups attached to an aromatic ring is 1. The van der Waals surface area contributed by atoms with E-state index in [1.54, 1.807) is 19.0 Å². The topological polar surface area (TPSA) is 49.6 Å². The molecule has 2 rings (SSSR count). The third kappa shape index (κ3) is 3.49. The summed E-state index contributed by atoms with van der Waals surface area (Å²) in [5.74, 6) is -0.00278. The van der Waals surface area contributed by atoms with Gasteiger partial charge in [0.1, 0.15) is 0 Å². The normalized spacial score (nSPS) is 18.6. The average molecular weight is 289 g/mol. The largest absolute Gasteiger partial charge is 0.397 e. The van der Waals surface area contributed by atoms with Gasteiger partial charge in [0.25, 0.3) is 5.91 Å². The van der Waals surface area contributed by atoms with Gasteiger partial charge in [-0.1, -0.05) is 13.3 Å². The molecule has 1 heterocycles. The molecule has 1 aliphatic rings. The maximum absolute atomic E-state index is 12.0. The van der Waals surface area contributed by atoms with Gasteiger partial charge in [0, 0.05) is 32.2 Å². The van der Waals surface area contributed by atoms with Gasteiger partial charge >= 0.3 is 0 Å². The molecule has 0 saturated carbocycles. The third-order valence-corrected chi connectivity index (χ3v) is 4.24. The van der Waals surface area contributed by atoms with Crippen LogP contribution in [0.5, 0.6) is 0 Å². The summed E-state index contributed by atoms with van der Waals surface area (Å²) in [6.07, 6.45) is 6.16. The highest BCUT2D eigenvalue weighted by Gasteiger charge is 2.23. The molecule has 0 spiro atoms. The molecular formula is C17H27N3O. The lowest BCUT2D eigenvalue weighted by atomic mass is 9.97. The van der Waals surface area contributed by atoms with E-state index >= 15 is 0 Å². The summed E-state index contributed by atoms with van der Waals surface area (Å²) in [6, 6.07) is 6.31. The summed E-state index contributed by atoms with van der Waals surface area (Å²) in [5, 5.41) is 0. The summed E-state index contributed by atoms with van der Waals surface area (Å²) in [7, 11) is 3.52. The van der Waals surface area contributed by atoms with Gasteiger partial charge in [-0.05, 0) is 43.9 Å². The van der Waals surface area contributed by atoms with Crippen molar-refractivity contribution in [3.8, 4) is 0 Å². The highest BCUT2D eigenvalue weighted by Crippen LogP contribution is 2.32. The molecule has 0 radical (unpaired) electrons. The number of carbonyl (C=O) groups excluding carboxylic acids is 1. The summed E-state index contributed by atoms with van der Waals surface area (Å²) in [4.78, 5) is 16.0. The van der Waals surface area contributed by atoms with Crippen molar-refractivity contribution in [2.45, 2.75) is 45.1 Å². The van der Waals surface area contributed by atoms with Crippen LogP contribution in [0.15, 0.2) is 18.2 Å². The molecule has 1 aromatic rings. The van der Waals surface area contributed by atoms with Crippen LogP contribution in [0, 0.1) is 0 Å². The predicted octanol–water partition coefficient (Wildman–Crippen LogP) is 3.13. The maximum atomic E-state index is 12.0. The Labute approximate surface area is 127 Å². The number of benzene rings is 1. The van der Waals surface area contributed by atoms with Crippen LogP contribution in [0.2, 0.25) is 0 Å². The zero-order valence-corrected chi connectivity index (χ0v) is 13.4. The molecule has 1 fully saturated rings. The number of anilines is 2. The van der Waals surface area contributed by atoms with Crippen LogP contribution in [0.3, 0.4) is 0 Å². The third-order valence-electron chi connectivity index (χ3n) is 4.24. The highest BCUT2D eigenvalue weighted by molar-refractivity contribution is 5.95. The minimum Gasteiger partial charge on any atom is -0.397 e. The molecule has 1 aromatic carbocycles. The number of rotatable bonds is 4. The lowest BCUT2D eigenvalue weighted by molar-refractivity contribution is 0.0827. The number of amides is 1. The van der Waals surface area contributed by atoms with Crippen LogP contribution in [0.25, 0.3) is 0 Å². The van der Waals surface area contributed by atoms with E-state index in [-0.39, 0.29) is 5.91 Å². The van der Waals surface area contributed by atoms with Gasteiger partial charge in [-0.2, -0.15) is 0 Å². The van der Waals surface area contributed by atoms with Gasteiger partial charge in [-0.25, -0.2) is 0 Å². The van der Waals surface area contributed by atoms with Crippen LogP contribution in [-0.2, 0) is 0 Å². The van der Waals surface area contributed by atoms with E-state index in [0.29, 0.717) is 17.3 Å². The fourth-order valence-electron chi connectivity index (χ4n) is 3.16. The van der Waals surface area contributed by atoms with Crippen LogP contribution < -0.4 is 10.6 Å². The summed E-state index contributed by atoms with van der Waals surface area (Å²) < 4.78 is 0. The Kier molecular flexibility index (Phi) is 5.10. The lowest BCUT2D eigenvalue weighted by Crippen LogP contribution is -2.40. The Morgan fingerprint density at radius 1 is 1.38 bits per heavy atom. The Bertz CT molecular complexity index is 497. The zero-order valence-electron chi connectivity index (χ0n) is 13.4. The summed E-state index contributed by atoms with van der Waals surface area (Å²) >= 11 is 0. The van der Waals surface area contributed by atoms with Crippen LogP contribution >= 0.6 is 0 Å². The number of nitrogens with zero attached hydrogens (tertiary/aromatic N) is 2. The fraction of sp³-hybridized carbons (Fsp3) is 0.588. The zero-order chi connectivity index (χ0) is 15.4. The lowest BCUT2D eigenvalue weighted by Gasteiger charge is -2.38. The first-order valence-electron chi connectivity index (χ1n) is 7.92. The molecule has 1 atom stereocenters. The first-order chi connectivity index (χ1) is 10.0. The van der Waals surface area contributed by atoms with Crippen LogP contribution in [-0.4, -0.2) is 37.5 Å². The van der Waals surface area contributed by atoms with E-state index < -0.39 is 0 Å². The van der Waals surface area contributed by atoms with Crippen molar-refractivity contribution in [3.63, 3.8) is 0 Å². The predicted molar refractivity (Wildman–Crippen MR) is 88.8 cm³/mol. The van der Waals surface area contributed by atoms with Gasteiger partial charge in [-0.15, -0.1) is 0 Å². The molecule has 0 aliphatic carbocycles. The Morgan fingerprint density at radius 2 is 2.14 bits per heavy atom. The van der Waals surface area contributed by atoms with E-state index in [9.17, 15) is 4.79 Å². The first-order valence-corrected chi connectivity index (χ1v) is 7.92. The van der Waals surface area contributed by atoms with Crippen molar-refractivity contribution >= 4 is 17.3 Å². The van der Waals surface area contributed by atoms with Crippen molar-refractivity contribution in [1.29, 1.82) is 0 Å². The minimum absolute atomic E-state index is 0.00278. The molecule has 0 bridgehead atoms. The molecule has 4 nitrogen and oxygen atoms in total. The van der Waals surface area contributed by atoms with E-state index in [2.05, 4.69) is 11.8 Å². The number of carbonyl (C=O) groups is 1. The van der Waals surface area contributed by atoms with E-state index in [4.69, 9.17) is 5.73 Å². The van der Waals surface area contributed by atoms with Gasteiger partial charge in [0.05, 0.1) is 11.4 Å². The quantitative estimate of drug-likeness (QED) is 0.866. The van der Waals surface area contributed by atoms with E-state index in [0.717, 1.165) is 12.2 Å². The van der Waals surface area contributed by atoms with Gasteiger partial charge in [-0.3, -0.25) is 4.79 Å². The van der Waals surface area contributed by atoms with E-state index in [1.165, 1.54) is 32.1 Å². The molecule has 1 saturated heterocycles. The standard InChI is InChI=1S/C17H27N3O/c1-4-7-14-8-5-6-11-20(14)16-10-9-13(12-15(16)18)17(21)19(2)3/h9-10,12,14H,4-8,11,18H2,1-3H3. The number of piperidine rings is 1. The first kappa shape index (κ1) is 15.7. The number of nitrogens with two attached hydrogens (primary N) is 1. The summed E-state index contributed by atoms with van der Waals surface area (Å²) in [6.45, 7) is 3.30. The van der Waals surface area contributed by atoms with Crippen molar-refractivity contribution in [2.75, 3.05) is 31.3 Å². The second-order valence-electron chi connectivity index (χ2n) is 6.10. The van der Waals surface area contributed by atoms with Crippen molar-refractivity contribution in [3.05, 3.63) is 23.8 Å². The second-order valence-corrected chi connectivity index (χ2v) is 6.10. The molecule has 1 aliphatic heterocycles. The minimum atomic E-state index is -0.00278. The number of hydrogen-bond donors (Lipinski definition) is 1. The highest BCUT2D eigenvalue weighted by atomic mass is 16.2. The molecule has 2 N–H and O–H groups in total. The molecule has 1 amide bonds. The van der Waals surface area contributed by atoms with Crippen molar-refractivity contribution in [2.24, 2.45) is 0 Å². The Balaban J connectivity index is 2.25. The molecule has 21 heavy (non-hydrogen) atoms. The van der Waals surface area contributed by atoms with E-state index in [1.807, 2.05) is 18.2 Å². The van der Waals surface area contributed by atoms with Crippen molar-refractivity contribution < 1.29 is 4.79 Å². The fourth-order valence-corrected chi connectivity index (χ4v) is 3.16. The Hall–Kier alpha value is -1.71. The Morgan fingerprint density at radius 3 is 2.76 bits per heavy atom. The molecule has 1 unspecified atom stereocenters. The smallest absolute Gasteiger partial charge is 0.253 e. The number of hydrogen-bond acceptors (Lipinski definition) is 3. The van der Waals surface area contributed by atoms with Crippen molar-refractivity contribution in [1.82, 2.24) is 4.90 Å². The monoisotopic (exact) mass is 289 g/mol. The van der Waals surface area contributed by atoms with Gasteiger partial charge in [0.15, 0.2) is 0 Å². The molecule has 116 valence electrons. The summed E-state index contributed by atoms with van der Waals surface area (Å²) in [5.41, 5.74) is 8.69. The molecule has 4 heteroatoms. The molecular weight excluding hydrogens is 262 g/mol. The van der Waals surface area contributed by atoms with Gasteiger partial charge in [0.2, 0.25) is 0 Å².